The molecule has 0 saturated carbocycles. The predicted octanol–water partition coefficient (Wildman–Crippen LogP) is 6.14. The van der Waals surface area contributed by atoms with Crippen LogP contribution in [-0.4, -0.2) is 61.6 Å². The molecule has 202 valence electrons. The highest BCUT2D eigenvalue weighted by Gasteiger charge is 2.37. The highest BCUT2D eigenvalue weighted by molar-refractivity contribution is 5.79. The fraction of sp³-hybridized carbons (Fsp3) is 0.594. The van der Waals surface area contributed by atoms with E-state index >= 15 is 0 Å². The summed E-state index contributed by atoms with van der Waals surface area (Å²) in [7, 11) is 0. The number of piperidine rings is 1. The maximum absolute atomic E-state index is 13.1. The molecular formula is C32H46N2O3. The van der Waals surface area contributed by atoms with Gasteiger partial charge in [-0.3, -0.25) is 9.69 Å². The summed E-state index contributed by atoms with van der Waals surface area (Å²) in [6, 6.07) is 16.5. The van der Waals surface area contributed by atoms with Crippen LogP contribution in [0.25, 0.3) is 0 Å². The number of fused-ring (bicyclic) bond motifs is 1. The Morgan fingerprint density at radius 3 is 2.51 bits per heavy atom. The first-order valence-electron chi connectivity index (χ1n) is 14.5. The fourth-order valence-electron chi connectivity index (χ4n) is 5.95. The second-order valence-electron chi connectivity index (χ2n) is 10.9. The molecule has 0 radical (unpaired) electrons. The van der Waals surface area contributed by atoms with Gasteiger partial charge < -0.3 is 14.4 Å². The topological polar surface area (TPSA) is 42.0 Å². The number of ether oxygens (including phenoxy) is 2. The fourth-order valence-corrected chi connectivity index (χ4v) is 5.95. The number of carbonyl (C=O) groups is 1. The summed E-state index contributed by atoms with van der Waals surface area (Å²) in [6.07, 6.45) is 9.86. The molecule has 5 heteroatoms. The smallest absolute Gasteiger partial charge is 0.226 e. The molecule has 2 aliphatic rings. The third kappa shape index (κ3) is 7.98. The largest absolute Gasteiger partial charge is 0.494 e. The van der Waals surface area contributed by atoms with E-state index in [4.69, 9.17) is 9.47 Å². The van der Waals surface area contributed by atoms with Gasteiger partial charge in [-0.25, -0.2) is 0 Å². The van der Waals surface area contributed by atoms with Gasteiger partial charge in [0.2, 0.25) is 5.91 Å². The first-order chi connectivity index (χ1) is 18.1. The molecule has 1 saturated heterocycles. The quantitative estimate of drug-likeness (QED) is 0.452. The van der Waals surface area contributed by atoms with Crippen LogP contribution in [-0.2, 0) is 17.6 Å². The lowest BCUT2D eigenvalue weighted by molar-refractivity contribution is -0.133. The van der Waals surface area contributed by atoms with Crippen LogP contribution in [0.1, 0.15) is 69.9 Å². The Hall–Kier alpha value is -2.53. The third-order valence-electron chi connectivity index (χ3n) is 8.19. The van der Waals surface area contributed by atoms with E-state index in [2.05, 4.69) is 41.0 Å². The van der Waals surface area contributed by atoms with Gasteiger partial charge in [0, 0.05) is 26.2 Å². The summed E-state index contributed by atoms with van der Waals surface area (Å²) in [6.45, 7) is 10.6. The highest BCUT2D eigenvalue weighted by atomic mass is 16.5. The van der Waals surface area contributed by atoms with E-state index in [1.54, 1.807) is 0 Å². The van der Waals surface area contributed by atoms with Crippen LogP contribution in [0, 0.1) is 5.41 Å². The van der Waals surface area contributed by atoms with Crippen LogP contribution in [0.3, 0.4) is 0 Å². The maximum Gasteiger partial charge on any atom is 0.226 e. The van der Waals surface area contributed by atoms with Gasteiger partial charge in [-0.05, 0) is 86.7 Å². The van der Waals surface area contributed by atoms with Gasteiger partial charge >= 0.3 is 0 Å². The maximum atomic E-state index is 13.1. The van der Waals surface area contributed by atoms with Gasteiger partial charge in [-0.1, -0.05) is 50.1 Å². The number of rotatable bonds is 7. The highest BCUT2D eigenvalue weighted by Crippen LogP contribution is 2.38. The summed E-state index contributed by atoms with van der Waals surface area (Å²) in [5, 5.41) is 0. The molecule has 37 heavy (non-hydrogen) atoms. The molecule has 0 aromatic heterocycles. The van der Waals surface area contributed by atoms with Gasteiger partial charge in [-0.2, -0.15) is 0 Å². The Kier molecular flexibility index (Phi) is 10.3. The molecule has 0 atom stereocenters. The standard InChI is InChI=1S/C32H46N2O3/c1-3-5-20-33-23-24-37-30-12-7-6-10-28(30)11-8-9-17-32(26-33)18-21-34(22-19-32)31(35)25-27-13-15-29(16-14-27)36-4-2/h6-7,10,12-16H,3-5,8-9,11,17-26H2,1-2H3. The van der Waals surface area contributed by atoms with E-state index in [1.165, 1.54) is 37.7 Å². The number of aryl methyl sites for hydroxylation is 1. The number of unbranched alkanes of at least 4 members (excludes halogenated alkanes) is 1. The van der Waals surface area contributed by atoms with E-state index in [1.807, 2.05) is 31.2 Å². The normalized spacial score (nSPS) is 18.8. The van der Waals surface area contributed by atoms with Gasteiger partial charge in [0.05, 0.1) is 13.0 Å². The van der Waals surface area contributed by atoms with Crippen LogP contribution in [0.5, 0.6) is 11.5 Å². The van der Waals surface area contributed by atoms with Crippen molar-refractivity contribution in [3.05, 3.63) is 59.7 Å². The van der Waals surface area contributed by atoms with Crippen LogP contribution in [0.4, 0.5) is 0 Å². The van der Waals surface area contributed by atoms with Crippen molar-refractivity contribution < 1.29 is 14.3 Å². The Morgan fingerprint density at radius 2 is 1.76 bits per heavy atom. The zero-order valence-corrected chi connectivity index (χ0v) is 23.1. The molecule has 5 nitrogen and oxygen atoms in total. The molecule has 1 fully saturated rings. The number of carbonyl (C=O) groups excluding carboxylic acids is 1. The third-order valence-corrected chi connectivity index (χ3v) is 8.19. The number of likely N-dealkylation sites (tertiary alicyclic amines) is 1. The lowest BCUT2D eigenvalue weighted by Crippen LogP contribution is -2.49. The van der Waals surface area contributed by atoms with E-state index in [9.17, 15) is 4.79 Å². The zero-order valence-electron chi connectivity index (χ0n) is 23.1. The summed E-state index contributed by atoms with van der Waals surface area (Å²) in [5.74, 6) is 2.18. The molecule has 0 aliphatic carbocycles. The van der Waals surface area contributed by atoms with Crippen LogP contribution in [0.15, 0.2) is 48.5 Å². The van der Waals surface area contributed by atoms with Crippen LogP contribution in [0.2, 0.25) is 0 Å². The molecule has 2 aromatic rings. The van der Waals surface area contributed by atoms with Crippen molar-refractivity contribution >= 4 is 5.91 Å². The molecule has 2 aliphatic heterocycles. The van der Waals surface area contributed by atoms with Gasteiger partial charge in [0.25, 0.3) is 0 Å². The average Bonchev–Trinajstić information content (AvgIpc) is 2.91. The lowest BCUT2D eigenvalue weighted by atomic mass is 9.73. The summed E-state index contributed by atoms with van der Waals surface area (Å²) in [4.78, 5) is 17.9. The van der Waals surface area contributed by atoms with Gasteiger partial charge in [0.1, 0.15) is 18.1 Å². The number of para-hydroxylation sites is 1. The molecule has 0 bridgehead atoms. The number of hydrogen-bond donors (Lipinski definition) is 0. The van der Waals surface area contributed by atoms with E-state index in [-0.39, 0.29) is 5.91 Å². The summed E-state index contributed by atoms with van der Waals surface area (Å²) in [5.41, 5.74) is 2.69. The van der Waals surface area contributed by atoms with Crippen LogP contribution >= 0.6 is 0 Å². The Morgan fingerprint density at radius 1 is 0.973 bits per heavy atom. The Bertz CT molecular complexity index is 966. The molecule has 1 spiro atoms. The number of amides is 1. The van der Waals surface area contributed by atoms with E-state index in [0.717, 1.165) is 75.7 Å². The second-order valence-corrected chi connectivity index (χ2v) is 10.9. The van der Waals surface area contributed by atoms with E-state index in [0.29, 0.717) is 18.4 Å². The van der Waals surface area contributed by atoms with E-state index < -0.39 is 0 Å². The SMILES string of the molecule is CCCCN1CCOc2ccccc2CCCCC2(CCN(C(=O)Cc3ccc(OCC)cc3)CC2)C1. The van der Waals surface area contributed by atoms with Gasteiger partial charge in [0.15, 0.2) is 0 Å². The van der Waals surface area contributed by atoms with Crippen molar-refractivity contribution in [2.75, 3.05) is 45.9 Å². The first kappa shape index (κ1) is 27.5. The molecule has 2 aromatic carbocycles. The summed E-state index contributed by atoms with van der Waals surface area (Å²) >= 11 is 0. The van der Waals surface area contributed by atoms with Crippen molar-refractivity contribution in [2.45, 2.75) is 71.6 Å². The first-order valence-corrected chi connectivity index (χ1v) is 14.5. The minimum absolute atomic E-state index is 0.250. The Balaban J connectivity index is 1.38. The molecular weight excluding hydrogens is 460 g/mol. The molecule has 0 N–H and O–H groups in total. The minimum atomic E-state index is 0.250. The summed E-state index contributed by atoms with van der Waals surface area (Å²) < 4.78 is 11.8. The van der Waals surface area contributed by atoms with Crippen molar-refractivity contribution in [1.29, 1.82) is 0 Å². The average molecular weight is 507 g/mol. The molecule has 2 heterocycles. The lowest BCUT2D eigenvalue weighted by Gasteiger charge is -2.45. The minimum Gasteiger partial charge on any atom is -0.494 e. The monoisotopic (exact) mass is 506 g/mol. The molecule has 0 unspecified atom stereocenters. The number of hydrogen-bond acceptors (Lipinski definition) is 4. The van der Waals surface area contributed by atoms with Gasteiger partial charge in [-0.15, -0.1) is 0 Å². The number of benzene rings is 2. The van der Waals surface area contributed by atoms with Crippen molar-refractivity contribution in [3.8, 4) is 11.5 Å². The Labute approximate surface area is 224 Å². The van der Waals surface area contributed by atoms with Crippen LogP contribution < -0.4 is 9.47 Å². The number of nitrogens with zero attached hydrogens (tertiary/aromatic N) is 2. The van der Waals surface area contributed by atoms with Crippen molar-refractivity contribution in [1.82, 2.24) is 9.80 Å². The molecule has 1 amide bonds. The van der Waals surface area contributed by atoms with Crippen molar-refractivity contribution in [2.24, 2.45) is 5.41 Å². The predicted molar refractivity (Wildman–Crippen MR) is 150 cm³/mol. The molecule has 4 rings (SSSR count). The second kappa shape index (κ2) is 13.9. The van der Waals surface area contributed by atoms with Crippen molar-refractivity contribution in [3.63, 3.8) is 0 Å². The zero-order chi connectivity index (χ0) is 25.9.